The highest BCUT2D eigenvalue weighted by atomic mass is 32.2. The van der Waals surface area contributed by atoms with E-state index in [0.717, 1.165) is 22.4 Å². The third-order valence-corrected chi connectivity index (χ3v) is 7.61. The van der Waals surface area contributed by atoms with Crippen molar-refractivity contribution in [2.45, 2.75) is 23.8 Å². The van der Waals surface area contributed by atoms with Gasteiger partial charge in [0.2, 0.25) is 0 Å². The Morgan fingerprint density at radius 1 is 1.38 bits per heavy atom. The molecular formula is C20H20N2O4S3. The summed E-state index contributed by atoms with van der Waals surface area (Å²) in [5, 5.41) is 2.50. The van der Waals surface area contributed by atoms with E-state index in [2.05, 4.69) is 4.98 Å². The zero-order chi connectivity index (χ0) is 20.4. The molecule has 9 heteroatoms. The van der Waals surface area contributed by atoms with Gasteiger partial charge in [-0.1, -0.05) is 17.4 Å². The Balaban J connectivity index is 1.66. The second-order valence-electron chi connectivity index (χ2n) is 6.83. The fourth-order valence-electron chi connectivity index (χ4n) is 3.12. The Hall–Kier alpha value is -2.07. The molecular weight excluding hydrogens is 428 g/mol. The standard InChI is InChI=1S/C20H20N2O4S3/c1-29(24,25)16-7-8-17-18(12-16)28-20(21-17)22(13-14-4-2-10-26-14)19(23)9-6-15-5-3-11-27-15/h3,5-9,11-12,14H,2,4,10,13H2,1H3/b9-6+. The Bertz CT molecular complexity index is 1140. The van der Waals surface area contributed by atoms with Crippen molar-refractivity contribution >= 4 is 59.8 Å². The molecule has 0 N–H and O–H groups in total. The molecule has 2 aromatic heterocycles. The average molecular weight is 449 g/mol. The highest BCUT2D eigenvalue weighted by Gasteiger charge is 2.25. The van der Waals surface area contributed by atoms with Crippen LogP contribution in [0.4, 0.5) is 5.13 Å². The normalized spacial score (nSPS) is 17.3. The monoisotopic (exact) mass is 448 g/mol. The molecule has 1 fully saturated rings. The first-order valence-electron chi connectivity index (χ1n) is 9.15. The number of carbonyl (C=O) groups is 1. The second-order valence-corrected chi connectivity index (χ2v) is 10.8. The number of nitrogens with zero attached hydrogens (tertiary/aromatic N) is 2. The molecule has 0 aliphatic carbocycles. The van der Waals surface area contributed by atoms with E-state index >= 15 is 0 Å². The summed E-state index contributed by atoms with van der Waals surface area (Å²) in [7, 11) is -3.31. The summed E-state index contributed by atoms with van der Waals surface area (Å²) in [5.41, 5.74) is 0.671. The van der Waals surface area contributed by atoms with Crippen LogP contribution in [-0.2, 0) is 19.4 Å². The van der Waals surface area contributed by atoms with E-state index in [4.69, 9.17) is 4.74 Å². The molecule has 3 aromatic rings. The molecule has 29 heavy (non-hydrogen) atoms. The van der Waals surface area contributed by atoms with E-state index in [0.29, 0.717) is 23.8 Å². The third-order valence-electron chi connectivity index (χ3n) is 4.62. The lowest BCUT2D eigenvalue weighted by Gasteiger charge is -2.21. The molecule has 4 rings (SSSR count). The van der Waals surface area contributed by atoms with Gasteiger partial charge in [0.25, 0.3) is 5.91 Å². The van der Waals surface area contributed by atoms with Crippen molar-refractivity contribution in [1.29, 1.82) is 0 Å². The fourth-order valence-corrected chi connectivity index (χ4v) is 5.48. The van der Waals surface area contributed by atoms with Crippen LogP contribution in [0.25, 0.3) is 16.3 Å². The van der Waals surface area contributed by atoms with Crippen LogP contribution < -0.4 is 4.90 Å². The Labute approximate surface area is 177 Å². The van der Waals surface area contributed by atoms with Crippen LogP contribution in [-0.4, -0.2) is 44.8 Å². The van der Waals surface area contributed by atoms with Gasteiger partial charge in [-0.3, -0.25) is 9.69 Å². The number of hydrogen-bond acceptors (Lipinski definition) is 7. The number of rotatable bonds is 6. The lowest BCUT2D eigenvalue weighted by molar-refractivity contribution is -0.114. The van der Waals surface area contributed by atoms with Crippen molar-refractivity contribution < 1.29 is 17.9 Å². The number of sulfone groups is 1. The van der Waals surface area contributed by atoms with E-state index < -0.39 is 9.84 Å². The summed E-state index contributed by atoms with van der Waals surface area (Å²) in [6, 6.07) is 8.73. The summed E-state index contributed by atoms with van der Waals surface area (Å²) >= 11 is 2.87. The van der Waals surface area contributed by atoms with Crippen LogP contribution in [0.15, 0.2) is 46.7 Å². The maximum Gasteiger partial charge on any atom is 0.252 e. The largest absolute Gasteiger partial charge is 0.376 e. The predicted octanol–water partition coefficient (Wildman–Crippen LogP) is 3.99. The summed E-state index contributed by atoms with van der Waals surface area (Å²) in [6.07, 6.45) is 6.39. The number of thiazole rings is 1. The van der Waals surface area contributed by atoms with Gasteiger partial charge < -0.3 is 4.74 Å². The molecule has 1 amide bonds. The van der Waals surface area contributed by atoms with E-state index in [1.165, 1.54) is 17.6 Å². The van der Waals surface area contributed by atoms with E-state index in [-0.39, 0.29) is 16.9 Å². The molecule has 152 valence electrons. The lowest BCUT2D eigenvalue weighted by atomic mass is 10.2. The summed E-state index contributed by atoms with van der Waals surface area (Å²) in [4.78, 5) is 20.4. The smallest absolute Gasteiger partial charge is 0.252 e. The fraction of sp³-hybridized carbons (Fsp3) is 0.300. The van der Waals surface area contributed by atoms with Crippen molar-refractivity contribution in [1.82, 2.24) is 4.98 Å². The SMILES string of the molecule is CS(=O)(=O)c1ccc2nc(N(CC3CCCO3)C(=O)/C=C/c3cccs3)sc2c1. The van der Waals surface area contributed by atoms with Gasteiger partial charge in [0.1, 0.15) is 0 Å². The quantitative estimate of drug-likeness (QED) is 0.533. The van der Waals surface area contributed by atoms with Gasteiger partial charge in [-0.25, -0.2) is 13.4 Å². The lowest BCUT2D eigenvalue weighted by Crippen LogP contribution is -2.36. The van der Waals surface area contributed by atoms with E-state index in [9.17, 15) is 13.2 Å². The number of fused-ring (bicyclic) bond motifs is 1. The van der Waals surface area contributed by atoms with Crippen LogP contribution in [0.1, 0.15) is 17.7 Å². The maximum absolute atomic E-state index is 13.0. The Kier molecular flexibility index (Phi) is 5.82. The Morgan fingerprint density at radius 3 is 2.93 bits per heavy atom. The van der Waals surface area contributed by atoms with Gasteiger partial charge in [-0.2, -0.15) is 0 Å². The molecule has 0 saturated carbocycles. The predicted molar refractivity (Wildman–Crippen MR) is 117 cm³/mol. The zero-order valence-electron chi connectivity index (χ0n) is 15.8. The van der Waals surface area contributed by atoms with Crippen LogP contribution in [0.3, 0.4) is 0 Å². The van der Waals surface area contributed by atoms with Gasteiger partial charge in [0.15, 0.2) is 15.0 Å². The van der Waals surface area contributed by atoms with Gasteiger partial charge in [-0.05, 0) is 48.6 Å². The van der Waals surface area contributed by atoms with Crippen LogP contribution >= 0.6 is 22.7 Å². The van der Waals surface area contributed by atoms with Gasteiger partial charge >= 0.3 is 0 Å². The molecule has 3 heterocycles. The molecule has 1 aliphatic rings. The third kappa shape index (κ3) is 4.75. The molecule has 0 radical (unpaired) electrons. The molecule has 1 aromatic carbocycles. The number of amides is 1. The minimum atomic E-state index is -3.31. The van der Waals surface area contributed by atoms with Crippen LogP contribution in [0, 0.1) is 0 Å². The summed E-state index contributed by atoms with van der Waals surface area (Å²) in [5.74, 6) is -0.170. The first-order valence-corrected chi connectivity index (χ1v) is 12.7. The highest BCUT2D eigenvalue weighted by Crippen LogP contribution is 2.32. The highest BCUT2D eigenvalue weighted by molar-refractivity contribution is 7.90. The number of ether oxygens (including phenoxy) is 1. The van der Waals surface area contributed by atoms with Crippen molar-refractivity contribution in [2.75, 3.05) is 24.3 Å². The van der Waals surface area contributed by atoms with Crippen molar-refractivity contribution in [2.24, 2.45) is 0 Å². The Morgan fingerprint density at radius 2 is 2.24 bits per heavy atom. The van der Waals surface area contributed by atoms with E-state index in [1.54, 1.807) is 46.6 Å². The molecule has 0 bridgehead atoms. The number of hydrogen-bond donors (Lipinski definition) is 0. The van der Waals surface area contributed by atoms with Crippen LogP contribution in [0.5, 0.6) is 0 Å². The first kappa shape index (κ1) is 20.2. The summed E-state index contributed by atoms with van der Waals surface area (Å²) in [6.45, 7) is 1.13. The van der Waals surface area contributed by atoms with Crippen molar-refractivity contribution in [3.8, 4) is 0 Å². The number of carbonyl (C=O) groups excluding carboxylic acids is 1. The molecule has 1 atom stereocenters. The van der Waals surface area contributed by atoms with Crippen LogP contribution in [0.2, 0.25) is 0 Å². The topological polar surface area (TPSA) is 76.6 Å². The number of anilines is 1. The summed E-state index contributed by atoms with van der Waals surface area (Å²) < 4.78 is 30.2. The zero-order valence-corrected chi connectivity index (χ0v) is 18.2. The first-order chi connectivity index (χ1) is 13.9. The van der Waals surface area contributed by atoms with Crippen molar-refractivity contribution in [3.63, 3.8) is 0 Å². The minimum Gasteiger partial charge on any atom is -0.376 e. The average Bonchev–Trinajstić information content (AvgIpc) is 3.44. The number of thiophene rings is 1. The molecule has 6 nitrogen and oxygen atoms in total. The maximum atomic E-state index is 13.0. The molecule has 1 saturated heterocycles. The van der Waals surface area contributed by atoms with E-state index in [1.807, 2.05) is 17.5 Å². The number of aromatic nitrogens is 1. The van der Waals surface area contributed by atoms with Gasteiger partial charge in [0.05, 0.1) is 27.8 Å². The van der Waals surface area contributed by atoms with Gasteiger partial charge in [-0.15, -0.1) is 11.3 Å². The number of benzene rings is 1. The molecule has 1 unspecified atom stereocenters. The molecule has 0 spiro atoms. The van der Waals surface area contributed by atoms with Crippen molar-refractivity contribution in [3.05, 3.63) is 46.7 Å². The second kappa shape index (κ2) is 8.35. The minimum absolute atomic E-state index is 0.0207. The molecule has 1 aliphatic heterocycles. The van der Waals surface area contributed by atoms with Gasteiger partial charge in [0, 0.05) is 23.8 Å².